The maximum Gasteiger partial charge on any atom is 0.319 e. The Bertz CT molecular complexity index is 661. The van der Waals surface area contributed by atoms with E-state index in [0.717, 1.165) is 32.4 Å². The van der Waals surface area contributed by atoms with Crippen molar-refractivity contribution in [2.75, 3.05) is 41.3 Å². The van der Waals surface area contributed by atoms with E-state index < -0.39 is 0 Å². The van der Waals surface area contributed by atoms with Crippen molar-refractivity contribution >= 4 is 11.9 Å². The predicted molar refractivity (Wildman–Crippen MR) is 98.7 cm³/mol. The number of carbonyl (C=O) groups excluding carboxylic acids is 2. The number of carbonyl (C=O) groups is 2. The molecule has 5 nitrogen and oxygen atoms in total. The van der Waals surface area contributed by atoms with Crippen molar-refractivity contribution in [3.05, 3.63) is 35.4 Å². The molecule has 136 valence electrons. The molecule has 25 heavy (non-hydrogen) atoms. The zero-order chi connectivity index (χ0) is 18.2. The minimum absolute atomic E-state index is 0.0977. The molecule has 1 aromatic rings. The third kappa shape index (κ3) is 3.24. The number of hydrogen-bond acceptors (Lipinski definition) is 2. The van der Waals surface area contributed by atoms with Crippen LogP contribution in [0.1, 0.15) is 42.7 Å². The van der Waals surface area contributed by atoms with Crippen LogP contribution >= 0.6 is 0 Å². The lowest BCUT2D eigenvalue weighted by molar-refractivity contribution is -0.129. The summed E-state index contributed by atoms with van der Waals surface area (Å²) in [5.41, 5.74) is 2.87. The van der Waals surface area contributed by atoms with Gasteiger partial charge in [-0.05, 0) is 41.7 Å². The minimum Gasteiger partial charge on any atom is -0.349 e. The molecular formula is C20H29N3O2. The third-order valence-corrected chi connectivity index (χ3v) is 5.90. The number of benzene rings is 1. The zero-order valence-corrected chi connectivity index (χ0v) is 15.8. The Labute approximate surface area is 150 Å². The molecule has 0 bridgehead atoms. The van der Waals surface area contributed by atoms with Crippen LogP contribution in [0.25, 0.3) is 0 Å². The van der Waals surface area contributed by atoms with Crippen molar-refractivity contribution in [1.82, 2.24) is 14.7 Å². The SMILES string of the molecule is CN(C)C(=O)C[C@H]1CC2(CCN(C(=O)N(C)C)CC2)c2ccccc21. The minimum atomic E-state index is 0.0977. The first-order chi connectivity index (χ1) is 11.8. The molecular weight excluding hydrogens is 314 g/mol. The van der Waals surface area contributed by atoms with Gasteiger partial charge in [0.1, 0.15) is 0 Å². The average Bonchev–Trinajstić information content (AvgIpc) is 2.89. The second kappa shape index (κ2) is 6.70. The van der Waals surface area contributed by atoms with Gasteiger partial charge >= 0.3 is 6.03 Å². The van der Waals surface area contributed by atoms with Crippen LogP contribution in [-0.4, -0.2) is 67.9 Å². The van der Waals surface area contributed by atoms with E-state index >= 15 is 0 Å². The summed E-state index contributed by atoms with van der Waals surface area (Å²) in [5.74, 6) is 0.485. The van der Waals surface area contributed by atoms with Crippen molar-refractivity contribution < 1.29 is 9.59 Å². The summed E-state index contributed by atoms with van der Waals surface area (Å²) in [6, 6.07) is 8.71. The first kappa shape index (κ1) is 17.8. The summed E-state index contributed by atoms with van der Waals surface area (Å²) in [6.07, 6.45) is 3.56. The molecule has 0 N–H and O–H groups in total. The largest absolute Gasteiger partial charge is 0.349 e. The molecule has 1 spiro atoms. The first-order valence-electron chi connectivity index (χ1n) is 9.10. The summed E-state index contributed by atoms with van der Waals surface area (Å²) in [5, 5.41) is 0. The van der Waals surface area contributed by atoms with Gasteiger partial charge < -0.3 is 14.7 Å². The topological polar surface area (TPSA) is 43.9 Å². The highest BCUT2D eigenvalue weighted by Crippen LogP contribution is 2.52. The fraction of sp³-hybridized carbons (Fsp3) is 0.600. The third-order valence-electron chi connectivity index (χ3n) is 5.90. The standard InChI is InChI=1S/C20H29N3O2/c1-21(2)18(24)13-15-14-20(17-8-6-5-7-16(15)17)9-11-23(12-10-20)19(25)22(3)4/h5-8,15H,9-14H2,1-4H3/t15-/m0/s1. The molecule has 1 atom stereocenters. The van der Waals surface area contributed by atoms with E-state index in [2.05, 4.69) is 24.3 Å². The molecule has 5 heteroatoms. The maximum atomic E-state index is 12.3. The monoisotopic (exact) mass is 343 g/mol. The van der Waals surface area contributed by atoms with Crippen LogP contribution in [-0.2, 0) is 10.2 Å². The molecule has 0 saturated carbocycles. The molecule has 0 aromatic heterocycles. The Balaban J connectivity index is 1.80. The highest BCUT2D eigenvalue weighted by Gasteiger charge is 2.46. The number of fused-ring (bicyclic) bond motifs is 2. The van der Waals surface area contributed by atoms with Gasteiger partial charge in [0.25, 0.3) is 0 Å². The quantitative estimate of drug-likeness (QED) is 0.829. The lowest BCUT2D eigenvalue weighted by Crippen LogP contribution is -2.47. The maximum absolute atomic E-state index is 12.3. The van der Waals surface area contributed by atoms with E-state index in [1.165, 1.54) is 11.1 Å². The van der Waals surface area contributed by atoms with Crippen LogP contribution in [0.2, 0.25) is 0 Å². The Morgan fingerprint density at radius 1 is 1.08 bits per heavy atom. The van der Waals surface area contributed by atoms with Gasteiger partial charge in [0.2, 0.25) is 5.91 Å². The molecule has 0 radical (unpaired) electrons. The lowest BCUT2D eigenvalue weighted by atomic mass is 9.73. The molecule has 0 unspecified atom stereocenters. The van der Waals surface area contributed by atoms with Crippen LogP contribution in [0.5, 0.6) is 0 Å². The summed E-state index contributed by atoms with van der Waals surface area (Å²) < 4.78 is 0. The molecule has 3 amide bonds. The molecule has 3 rings (SSSR count). The van der Waals surface area contributed by atoms with E-state index in [1.807, 2.05) is 19.0 Å². The van der Waals surface area contributed by atoms with Gasteiger partial charge in [0.15, 0.2) is 0 Å². The number of rotatable bonds is 2. The van der Waals surface area contributed by atoms with E-state index in [1.54, 1.807) is 23.9 Å². The summed E-state index contributed by atoms with van der Waals surface area (Å²) >= 11 is 0. The molecule has 1 saturated heterocycles. The van der Waals surface area contributed by atoms with Crippen molar-refractivity contribution in [1.29, 1.82) is 0 Å². The van der Waals surface area contributed by atoms with Crippen molar-refractivity contribution in [2.45, 2.75) is 37.0 Å². The van der Waals surface area contributed by atoms with Gasteiger partial charge in [0.05, 0.1) is 0 Å². The van der Waals surface area contributed by atoms with Crippen LogP contribution in [0, 0.1) is 0 Å². The fourth-order valence-corrected chi connectivity index (χ4v) is 4.49. The highest BCUT2D eigenvalue weighted by atomic mass is 16.2. The zero-order valence-electron chi connectivity index (χ0n) is 15.8. The van der Waals surface area contributed by atoms with E-state index in [4.69, 9.17) is 0 Å². The van der Waals surface area contributed by atoms with Gasteiger partial charge in [-0.15, -0.1) is 0 Å². The predicted octanol–water partition coefficient (Wildman–Crippen LogP) is 2.67. The first-order valence-corrected chi connectivity index (χ1v) is 9.10. The normalized spacial score (nSPS) is 21.1. The smallest absolute Gasteiger partial charge is 0.319 e. The van der Waals surface area contributed by atoms with Crippen LogP contribution < -0.4 is 0 Å². The molecule has 1 heterocycles. The average molecular weight is 343 g/mol. The number of urea groups is 1. The van der Waals surface area contributed by atoms with E-state index in [9.17, 15) is 9.59 Å². The molecule has 1 aliphatic carbocycles. The van der Waals surface area contributed by atoms with E-state index in [0.29, 0.717) is 12.3 Å². The van der Waals surface area contributed by atoms with Crippen molar-refractivity contribution in [3.63, 3.8) is 0 Å². The van der Waals surface area contributed by atoms with Crippen LogP contribution in [0.15, 0.2) is 24.3 Å². The second-order valence-electron chi connectivity index (χ2n) is 7.92. The number of amides is 3. The molecule has 1 aromatic carbocycles. The van der Waals surface area contributed by atoms with Gasteiger partial charge in [-0.25, -0.2) is 4.79 Å². The second-order valence-corrected chi connectivity index (χ2v) is 7.92. The van der Waals surface area contributed by atoms with Crippen LogP contribution in [0.4, 0.5) is 4.79 Å². The fourth-order valence-electron chi connectivity index (χ4n) is 4.49. The van der Waals surface area contributed by atoms with Crippen LogP contribution in [0.3, 0.4) is 0 Å². The number of piperidine rings is 1. The van der Waals surface area contributed by atoms with Gasteiger partial charge in [-0.2, -0.15) is 0 Å². The van der Waals surface area contributed by atoms with Crippen molar-refractivity contribution in [2.24, 2.45) is 0 Å². The number of likely N-dealkylation sites (tertiary alicyclic amines) is 1. The summed E-state index contributed by atoms with van der Waals surface area (Å²) in [4.78, 5) is 29.8. The number of nitrogens with zero attached hydrogens (tertiary/aromatic N) is 3. The van der Waals surface area contributed by atoms with Gasteiger partial charge in [-0.1, -0.05) is 24.3 Å². The van der Waals surface area contributed by atoms with Crippen molar-refractivity contribution in [3.8, 4) is 0 Å². The van der Waals surface area contributed by atoms with Gasteiger partial charge in [-0.3, -0.25) is 4.79 Å². The molecule has 1 aliphatic heterocycles. The Morgan fingerprint density at radius 2 is 1.72 bits per heavy atom. The van der Waals surface area contributed by atoms with E-state index in [-0.39, 0.29) is 17.4 Å². The molecule has 2 aliphatic rings. The Kier molecular flexibility index (Phi) is 4.76. The van der Waals surface area contributed by atoms with Gasteiger partial charge in [0, 0.05) is 47.7 Å². The summed E-state index contributed by atoms with van der Waals surface area (Å²) in [7, 11) is 7.26. The number of hydrogen-bond donors (Lipinski definition) is 0. The molecule has 1 fully saturated rings. The Morgan fingerprint density at radius 3 is 2.32 bits per heavy atom. The summed E-state index contributed by atoms with van der Waals surface area (Å²) in [6.45, 7) is 1.58. The Hall–Kier alpha value is -2.04. The lowest BCUT2D eigenvalue weighted by Gasteiger charge is -2.41. The highest BCUT2D eigenvalue weighted by molar-refractivity contribution is 5.77.